The summed E-state index contributed by atoms with van der Waals surface area (Å²) in [5, 5.41) is -1.28. The largest absolute Gasteiger partial charge is 0.420 e. The monoisotopic (exact) mass is 494 g/mol. The molecule has 4 rings (SSSR count). The zero-order valence-corrected chi connectivity index (χ0v) is 17.0. The summed E-state index contributed by atoms with van der Waals surface area (Å²) < 4.78 is 106. The normalized spacial score (nSPS) is 10.9. The van der Waals surface area contributed by atoms with Gasteiger partial charge in [-0.2, -0.15) is 4.39 Å². The molecular formula is C24H9F7O4. The van der Waals surface area contributed by atoms with Crippen LogP contribution < -0.4 is 9.47 Å². The molecule has 0 unspecified atom stereocenters. The maximum absolute atomic E-state index is 14.9. The molecule has 35 heavy (non-hydrogen) atoms. The number of carbonyl (C=O) groups is 2. The summed E-state index contributed by atoms with van der Waals surface area (Å²) in [6.07, 6.45) is 0. The first-order valence-electron chi connectivity index (χ1n) is 9.51. The first-order chi connectivity index (χ1) is 16.6. The fourth-order valence-corrected chi connectivity index (χ4v) is 3.05. The van der Waals surface area contributed by atoms with Crippen molar-refractivity contribution in [1.82, 2.24) is 0 Å². The van der Waals surface area contributed by atoms with Crippen LogP contribution >= 0.6 is 0 Å². The van der Waals surface area contributed by atoms with Crippen LogP contribution in [0.3, 0.4) is 0 Å². The van der Waals surface area contributed by atoms with Crippen molar-refractivity contribution in [2.45, 2.75) is 0 Å². The Labute approximate surface area is 191 Å². The number of esters is 2. The van der Waals surface area contributed by atoms with Gasteiger partial charge in [-0.3, -0.25) is 0 Å². The number of fused-ring (bicyclic) bond motifs is 1. The highest BCUT2D eigenvalue weighted by Gasteiger charge is 2.24. The van der Waals surface area contributed by atoms with Gasteiger partial charge in [0.25, 0.3) is 0 Å². The number of benzene rings is 4. The third kappa shape index (κ3) is 4.52. The Bertz CT molecular complexity index is 1520. The Balaban J connectivity index is 1.66. The minimum absolute atomic E-state index is 0.317. The molecule has 0 amide bonds. The van der Waals surface area contributed by atoms with Crippen LogP contribution in [0.1, 0.15) is 20.7 Å². The van der Waals surface area contributed by atoms with E-state index >= 15 is 0 Å². The molecule has 11 heteroatoms. The number of ether oxygens (including phenoxy) is 2. The predicted molar refractivity (Wildman–Crippen MR) is 106 cm³/mol. The van der Waals surface area contributed by atoms with E-state index in [2.05, 4.69) is 0 Å². The Kier molecular flexibility index (Phi) is 6.16. The highest BCUT2D eigenvalue weighted by atomic mass is 19.2. The highest BCUT2D eigenvalue weighted by molar-refractivity contribution is 5.94. The van der Waals surface area contributed by atoms with E-state index in [1.54, 1.807) is 0 Å². The highest BCUT2D eigenvalue weighted by Crippen LogP contribution is 2.35. The SMILES string of the molecule is O=C(Oc1cc2ccc(OC(=O)c3ccc(F)c(F)c3)c(F)c2c(F)c1F)c1ccc(F)c(F)c1. The summed E-state index contributed by atoms with van der Waals surface area (Å²) in [6.45, 7) is 0. The van der Waals surface area contributed by atoms with Crippen LogP contribution in [-0.4, -0.2) is 11.9 Å². The number of hydrogen-bond donors (Lipinski definition) is 0. The lowest BCUT2D eigenvalue weighted by Crippen LogP contribution is -2.12. The van der Waals surface area contributed by atoms with E-state index in [4.69, 9.17) is 9.47 Å². The van der Waals surface area contributed by atoms with Gasteiger partial charge in [-0.1, -0.05) is 6.07 Å². The van der Waals surface area contributed by atoms with Crippen molar-refractivity contribution < 1.29 is 49.8 Å². The minimum atomic E-state index is -1.81. The Hall–Kier alpha value is -4.41. The van der Waals surface area contributed by atoms with E-state index in [0.717, 1.165) is 30.3 Å². The molecule has 0 saturated heterocycles. The first kappa shape index (κ1) is 23.7. The van der Waals surface area contributed by atoms with E-state index in [1.165, 1.54) is 0 Å². The van der Waals surface area contributed by atoms with E-state index in [1.807, 2.05) is 0 Å². The van der Waals surface area contributed by atoms with Gasteiger partial charge in [0.2, 0.25) is 5.82 Å². The smallest absolute Gasteiger partial charge is 0.343 e. The molecule has 4 nitrogen and oxygen atoms in total. The van der Waals surface area contributed by atoms with Crippen molar-refractivity contribution in [2.24, 2.45) is 0 Å². The van der Waals surface area contributed by atoms with E-state index in [0.29, 0.717) is 24.3 Å². The standard InChI is InChI=1S/C24H9F7O4/c25-13-4-1-11(7-15(13)27)23(32)34-17-6-3-10-9-18(21(30)22(31)19(10)20(17)29)35-24(33)12-2-5-14(26)16(28)8-12/h1-9H. The quantitative estimate of drug-likeness (QED) is 0.191. The van der Waals surface area contributed by atoms with E-state index in [9.17, 15) is 40.3 Å². The number of carbonyl (C=O) groups excluding carboxylic acids is 2. The predicted octanol–water partition coefficient (Wildman–Crippen LogP) is 6.25. The van der Waals surface area contributed by atoms with Crippen LogP contribution in [-0.2, 0) is 0 Å². The van der Waals surface area contributed by atoms with Gasteiger partial charge in [0, 0.05) is 0 Å². The third-order valence-electron chi connectivity index (χ3n) is 4.77. The van der Waals surface area contributed by atoms with Gasteiger partial charge in [0.05, 0.1) is 16.5 Å². The molecule has 0 saturated carbocycles. The molecule has 0 N–H and O–H groups in total. The summed E-state index contributed by atoms with van der Waals surface area (Å²) in [5.74, 6) is -14.8. The van der Waals surface area contributed by atoms with Gasteiger partial charge in [0.15, 0.2) is 46.4 Å². The zero-order valence-electron chi connectivity index (χ0n) is 17.0. The lowest BCUT2D eigenvalue weighted by molar-refractivity contribution is 0.0716. The van der Waals surface area contributed by atoms with Crippen LogP contribution in [0.15, 0.2) is 54.6 Å². The molecule has 0 aliphatic carbocycles. The van der Waals surface area contributed by atoms with Crippen molar-refractivity contribution in [1.29, 1.82) is 0 Å². The number of halogens is 7. The lowest BCUT2D eigenvalue weighted by atomic mass is 10.1. The summed E-state index contributed by atoms with van der Waals surface area (Å²) in [6, 6.07) is 6.61. The van der Waals surface area contributed by atoms with E-state index < -0.39 is 80.7 Å². The summed E-state index contributed by atoms with van der Waals surface area (Å²) in [7, 11) is 0. The van der Waals surface area contributed by atoms with Gasteiger partial charge >= 0.3 is 11.9 Å². The zero-order chi connectivity index (χ0) is 25.4. The molecule has 0 fully saturated rings. The van der Waals surface area contributed by atoms with Crippen molar-refractivity contribution in [2.75, 3.05) is 0 Å². The topological polar surface area (TPSA) is 52.6 Å². The molecule has 4 aromatic rings. The average Bonchev–Trinajstić information content (AvgIpc) is 2.82. The van der Waals surface area contributed by atoms with Crippen LogP contribution in [0.5, 0.6) is 11.5 Å². The lowest BCUT2D eigenvalue weighted by Gasteiger charge is -2.12. The van der Waals surface area contributed by atoms with Gasteiger partial charge in [0.1, 0.15) is 0 Å². The van der Waals surface area contributed by atoms with Crippen LogP contribution in [0.2, 0.25) is 0 Å². The fraction of sp³-hybridized carbons (Fsp3) is 0. The third-order valence-corrected chi connectivity index (χ3v) is 4.77. The van der Waals surface area contributed by atoms with Crippen LogP contribution in [0.25, 0.3) is 10.8 Å². The van der Waals surface area contributed by atoms with Gasteiger partial charge in [-0.05, 0) is 53.9 Å². The number of hydrogen-bond acceptors (Lipinski definition) is 4. The Morgan fingerprint density at radius 1 is 0.514 bits per heavy atom. The molecule has 0 atom stereocenters. The van der Waals surface area contributed by atoms with E-state index in [-0.39, 0.29) is 5.39 Å². The van der Waals surface area contributed by atoms with Crippen molar-refractivity contribution in [3.8, 4) is 11.5 Å². The summed E-state index contributed by atoms with van der Waals surface area (Å²) in [4.78, 5) is 24.2. The molecule has 4 aromatic carbocycles. The second-order valence-electron chi connectivity index (χ2n) is 7.02. The molecule has 0 aromatic heterocycles. The van der Waals surface area contributed by atoms with Crippen molar-refractivity contribution in [3.63, 3.8) is 0 Å². The minimum Gasteiger partial charge on any atom is -0.420 e. The molecule has 0 spiro atoms. The maximum atomic E-state index is 14.9. The van der Waals surface area contributed by atoms with Crippen molar-refractivity contribution in [3.05, 3.63) is 106 Å². The Morgan fingerprint density at radius 2 is 1.03 bits per heavy atom. The maximum Gasteiger partial charge on any atom is 0.343 e. The molecule has 178 valence electrons. The van der Waals surface area contributed by atoms with Gasteiger partial charge in [-0.15, -0.1) is 0 Å². The average molecular weight is 494 g/mol. The summed E-state index contributed by atoms with van der Waals surface area (Å²) >= 11 is 0. The molecule has 0 bridgehead atoms. The Morgan fingerprint density at radius 3 is 1.54 bits per heavy atom. The molecular weight excluding hydrogens is 485 g/mol. The van der Waals surface area contributed by atoms with Gasteiger partial charge < -0.3 is 9.47 Å². The fourth-order valence-electron chi connectivity index (χ4n) is 3.05. The molecule has 0 radical (unpaired) electrons. The summed E-state index contributed by atoms with van der Waals surface area (Å²) in [5.41, 5.74) is -0.982. The first-order valence-corrected chi connectivity index (χ1v) is 9.51. The molecule has 0 aliphatic rings. The second kappa shape index (κ2) is 9.09. The second-order valence-corrected chi connectivity index (χ2v) is 7.02. The number of rotatable bonds is 4. The molecule has 0 aliphatic heterocycles. The van der Waals surface area contributed by atoms with Crippen molar-refractivity contribution >= 4 is 22.7 Å². The van der Waals surface area contributed by atoms with Crippen LogP contribution in [0.4, 0.5) is 30.7 Å². The van der Waals surface area contributed by atoms with Gasteiger partial charge in [-0.25, -0.2) is 35.9 Å². The van der Waals surface area contributed by atoms with Crippen LogP contribution in [0, 0.1) is 40.7 Å². The molecule has 0 heterocycles.